The number of hydrogen-bond donors (Lipinski definition) is 2. The molecule has 17 heavy (non-hydrogen) atoms. The highest BCUT2D eigenvalue weighted by atomic mass is 127. The predicted molar refractivity (Wildman–Crippen MR) is 74.1 cm³/mol. The summed E-state index contributed by atoms with van der Waals surface area (Å²) in [6.45, 7) is 0. The number of carboxylic acids is 2. The lowest BCUT2D eigenvalue weighted by atomic mass is 9.93. The van der Waals surface area contributed by atoms with E-state index in [0.29, 0.717) is 0 Å². The highest BCUT2D eigenvalue weighted by molar-refractivity contribution is 14.1. The summed E-state index contributed by atoms with van der Waals surface area (Å²) in [5, 5.41) is 17.6. The number of rotatable bonds is 5. The molecule has 92 valence electrons. The molecule has 4 nitrogen and oxygen atoms in total. The molecule has 0 aliphatic heterocycles. The van der Waals surface area contributed by atoms with Gasteiger partial charge in [0.2, 0.25) is 0 Å². The van der Waals surface area contributed by atoms with Crippen LogP contribution in [-0.2, 0) is 9.59 Å². The molecule has 0 saturated heterocycles. The van der Waals surface area contributed by atoms with Gasteiger partial charge >= 0.3 is 11.9 Å². The van der Waals surface area contributed by atoms with Crippen molar-refractivity contribution < 1.29 is 19.8 Å². The fraction of sp³-hybridized carbons (Fsp3) is 0.273. The van der Waals surface area contributed by atoms with Gasteiger partial charge in [-0.3, -0.25) is 9.59 Å². The van der Waals surface area contributed by atoms with Crippen molar-refractivity contribution in [1.82, 2.24) is 0 Å². The van der Waals surface area contributed by atoms with Crippen molar-refractivity contribution in [3.05, 3.63) is 31.8 Å². The van der Waals surface area contributed by atoms with Crippen molar-refractivity contribution in [1.29, 1.82) is 0 Å². The zero-order valence-corrected chi connectivity index (χ0v) is 12.4. The maximum atomic E-state index is 10.8. The molecule has 6 heteroatoms. The third-order valence-electron chi connectivity index (χ3n) is 2.24. The quantitative estimate of drug-likeness (QED) is 0.729. The van der Waals surface area contributed by atoms with Gasteiger partial charge in [0.25, 0.3) is 0 Å². The first kappa shape index (κ1) is 14.4. The fourth-order valence-electron chi connectivity index (χ4n) is 1.54. The third-order valence-corrected chi connectivity index (χ3v) is 3.72. The van der Waals surface area contributed by atoms with Crippen molar-refractivity contribution in [2.24, 2.45) is 0 Å². The van der Waals surface area contributed by atoms with Crippen LogP contribution in [0.3, 0.4) is 0 Å². The molecule has 2 N–H and O–H groups in total. The van der Waals surface area contributed by atoms with Crippen LogP contribution in [-0.4, -0.2) is 22.2 Å². The monoisotopic (exact) mass is 412 g/mol. The molecule has 0 amide bonds. The van der Waals surface area contributed by atoms with Crippen molar-refractivity contribution >= 4 is 50.5 Å². The summed E-state index contributed by atoms with van der Waals surface area (Å²) in [4.78, 5) is 21.5. The van der Waals surface area contributed by atoms with Gasteiger partial charge in [0.15, 0.2) is 0 Å². The van der Waals surface area contributed by atoms with Gasteiger partial charge in [0.05, 0.1) is 12.8 Å². The normalized spacial score (nSPS) is 10.5. The van der Waals surface area contributed by atoms with Gasteiger partial charge < -0.3 is 10.2 Å². The molecule has 0 unspecified atom stereocenters. The van der Waals surface area contributed by atoms with E-state index >= 15 is 0 Å². The maximum Gasteiger partial charge on any atom is 0.303 e. The molecule has 0 aliphatic rings. The Hall–Kier alpha value is -0.630. The summed E-state index contributed by atoms with van der Waals surface area (Å²) >= 11 is 5.38. The van der Waals surface area contributed by atoms with E-state index in [1.807, 2.05) is 12.1 Å². The lowest BCUT2D eigenvalue weighted by Gasteiger charge is -2.15. The number of hydrogen-bond acceptors (Lipinski definition) is 2. The number of aliphatic carboxylic acids is 2. The number of halogens is 2. The van der Waals surface area contributed by atoms with Crippen LogP contribution in [0.15, 0.2) is 22.7 Å². The highest BCUT2D eigenvalue weighted by Gasteiger charge is 2.21. The van der Waals surface area contributed by atoms with Gasteiger partial charge in [-0.05, 0) is 46.4 Å². The lowest BCUT2D eigenvalue weighted by molar-refractivity contribution is -0.139. The van der Waals surface area contributed by atoms with E-state index in [4.69, 9.17) is 10.2 Å². The molecule has 1 aromatic rings. The van der Waals surface area contributed by atoms with E-state index in [-0.39, 0.29) is 12.8 Å². The SMILES string of the molecule is O=C(O)CC(CC(=O)O)c1cc(Br)ccc1I. The van der Waals surface area contributed by atoms with Crippen LogP contribution >= 0.6 is 38.5 Å². The van der Waals surface area contributed by atoms with Crippen LogP contribution in [0, 0.1) is 3.57 Å². The summed E-state index contributed by atoms with van der Waals surface area (Å²) < 4.78 is 1.69. The Balaban J connectivity index is 3.06. The van der Waals surface area contributed by atoms with Crippen LogP contribution < -0.4 is 0 Å². The van der Waals surface area contributed by atoms with E-state index in [9.17, 15) is 9.59 Å². The largest absolute Gasteiger partial charge is 0.481 e. The predicted octanol–water partition coefficient (Wildman–Crippen LogP) is 3.09. The molecular weight excluding hydrogens is 403 g/mol. The summed E-state index contributed by atoms with van der Waals surface area (Å²) in [6, 6.07) is 5.44. The summed E-state index contributed by atoms with van der Waals surface area (Å²) in [5.74, 6) is -2.49. The molecule has 0 bridgehead atoms. The first-order valence-corrected chi connectivity index (χ1v) is 6.66. The second-order valence-corrected chi connectivity index (χ2v) is 5.64. The van der Waals surface area contributed by atoms with Crippen LogP contribution in [0.5, 0.6) is 0 Å². The molecular formula is C11H10BrIO4. The van der Waals surface area contributed by atoms with Crippen molar-refractivity contribution in [3.8, 4) is 0 Å². The van der Waals surface area contributed by atoms with Crippen LogP contribution in [0.2, 0.25) is 0 Å². The summed E-state index contributed by atoms with van der Waals surface area (Å²) in [5.41, 5.74) is 0.754. The zero-order chi connectivity index (χ0) is 13.0. The van der Waals surface area contributed by atoms with Gasteiger partial charge in [-0.1, -0.05) is 15.9 Å². The molecule has 0 heterocycles. The highest BCUT2D eigenvalue weighted by Crippen LogP contribution is 2.30. The smallest absolute Gasteiger partial charge is 0.303 e. The van der Waals surface area contributed by atoms with Crippen molar-refractivity contribution in [2.75, 3.05) is 0 Å². The van der Waals surface area contributed by atoms with Crippen molar-refractivity contribution in [2.45, 2.75) is 18.8 Å². The second kappa shape index (κ2) is 6.34. The van der Waals surface area contributed by atoms with Crippen LogP contribution in [0.25, 0.3) is 0 Å². The second-order valence-electron chi connectivity index (χ2n) is 3.56. The van der Waals surface area contributed by atoms with Gasteiger partial charge in [0, 0.05) is 14.0 Å². The minimum absolute atomic E-state index is 0.182. The van der Waals surface area contributed by atoms with Gasteiger partial charge in [-0.25, -0.2) is 0 Å². The Labute approximate surface area is 120 Å². The summed E-state index contributed by atoms with van der Waals surface area (Å²) in [6.07, 6.45) is -0.364. The van der Waals surface area contributed by atoms with E-state index in [2.05, 4.69) is 38.5 Å². The fourth-order valence-corrected chi connectivity index (χ4v) is 2.70. The maximum absolute atomic E-state index is 10.8. The van der Waals surface area contributed by atoms with E-state index < -0.39 is 17.9 Å². The zero-order valence-electron chi connectivity index (χ0n) is 8.69. The van der Waals surface area contributed by atoms with Crippen molar-refractivity contribution in [3.63, 3.8) is 0 Å². The van der Waals surface area contributed by atoms with Gasteiger partial charge in [-0.15, -0.1) is 0 Å². The first-order valence-electron chi connectivity index (χ1n) is 4.78. The molecule has 0 spiro atoms. The topological polar surface area (TPSA) is 74.6 Å². The van der Waals surface area contributed by atoms with E-state index in [0.717, 1.165) is 13.6 Å². The Morgan fingerprint density at radius 2 is 1.76 bits per heavy atom. The molecule has 0 aromatic heterocycles. The summed E-state index contributed by atoms with van der Waals surface area (Å²) in [7, 11) is 0. The lowest BCUT2D eigenvalue weighted by Crippen LogP contribution is -2.12. The van der Waals surface area contributed by atoms with Crippen LogP contribution in [0.1, 0.15) is 24.3 Å². The number of benzene rings is 1. The van der Waals surface area contributed by atoms with Crippen LogP contribution in [0.4, 0.5) is 0 Å². The average molecular weight is 413 g/mol. The standard InChI is InChI=1S/C11H10BrIO4/c12-7-1-2-9(13)8(5-7)6(3-10(14)15)4-11(16)17/h1-2,5-6H,3-4H2,(H,14,15)(H,16,17). The molecule has 0 saturated carbocycles. The minimum atomic E-state index is -0.993. The molecule has 1 rings (SSSR count). The molecule has 0 atom stereocenters. The molecule has 0 aliphatic carbocycles. The molecule has 1 aromatic carbocycles. The number of carbonyl (C=O) groups is 2. The number of carboxylic acid groups (broad SMARTS) is 2. The molecule has 0 fully saturated rings. The molecule has 0 radical (unpaired) electrons. The van der Waals surface area contributed by atoms with E-state index in [1.54, 1.807) is 6.07 Å². The Morgan fingerprint density at radius 3 is 2.24 bits per heavy atom. The van der Waals surface area contributed by atoms with Gasteiger partial charge in [0.1, 0.15) is 0 Å². The Bertz CT molecular complexity index is 431. The third kappa shape index (κ3) is 4.63. The average Bonchev–Trinajstić information content (AvgIpc) is 2.19. The van der Waals surface area contributed by atoms with Gasteiger partial charge in [-0.2, -0.15) is 0 Å². The minimum Gasteiger partial charge on any atom is -0.481 e. The Kier molecular flexibility index (Phi) is 5.38. The van der Waals surface area contributed by atoms with E-state index in [1.165, 1.54) is 0 Å². The first-order chi connectivity index (χ1) is 7.90. The Morgan fingerprint density at radius 1 is 1.24 bits per heavy atom.